The molecule has 4 aliphatic rings. The molecular weight excluding hydrogens is 797 g/mol. The topological polar surface area (TPSA) is 210 Å². The SMILES string of the molecule is CC[C@@]1(O)C(=O)OCc2c1cc1n(c2=O)Cc2cc3c(CN(C)C)c(O)ccc3nc2-1.CC[C@@]1(O)C(=O)OCc2c1cc1n(c2=O)Cc2cc3c(CN(C)C)c(O)ccc3nc2-1. The normalized spacial score (nSPS) is 19.3. The van der Waals surface area contributed by atoms with Crippen LogP contribution in [-0.2, 0) is 69.7 Å². The number of carbonyl (C=O) groups excluding carboxylic acids is 2. The average molecular weight is 843 g/mol. The summed E-state index contributed by atoms with van der Waals surface area (Å²) < 4.78 is 13.4. The first-order valence-corrected chi connectivity index (χ1v) is 20.4. The predicted octanol–water partition coefficient (Wildman–Crippen LogP) is 3.69. The molecule has 0 aliphatic carbocycles. The molecule has 4 N–H and O–H groups in total. The minimum absolute atomic E-state index is 0.104. The minimum atomic E-state index is -1.84. The third kappa shape index (κ3) is 6.11. The van der Waals surface area contributed by atoms with Crippen molar-refractivity contribution < 1.29 is 39.5 Å². The van der Waals surface area contributed by atoms with E-state index >= 15 is 0 Å². The van der Waals surface area contributed by atoms with Crippen molar-refractivity contribution in [2.24, 2.45) is 0 Å². The number of benzene rings is 2. The zero-order chi connectivity index (χ0) is 44.2. The number of phenols is 2. The number of aromatic nitrogens is 4. The lowest BCUT2D eigenvalue weighted by atomic mass is 9.86. The van der Waals surface area contributed by atoms with Crippen molar-refractivity contribution in [2.75, 3.05) is 28.2 Å². The van der Waals surface area contributed by atoms with Gasteiger partial charge in [-0.2, -0.15) is 0 Å². The van der Waals surface area contributed by atoms with Crippen molar-refractivity contribution in [1.29, 1.82) is 0 Å². The molecular formula is C46H46N6O10. The summed E-state index contributed by atoms with van der Waals surface area (Å²) in [6, 6.07) is 14.1. The van der Waals surface area contributed by atoms with Crippen molar-refractivity contribution in [3.63, 3.8) is 0 Å². The van der Waals surface area contributed by atoms with Gasteiger partial charge in [0.1, 0.15) is 24.7 Å². The van der Waals surface area contributed by atoms with Gasteiger partial charge in [-0.25, -0.2) is 19.6 Å². The van der Waals surface area contributed by atoms with Crippen LogP contribution in [0.5, 0.6) is 11.5 Å². The second-order valence-electron chi connectivity index (χ2n) is 16.9. The molecule has 2 aromatic carbocycles. The summed E-state index contributed by atoms with van der Waals surface area (Å²) in [7, 11) is 7.71. The number of ether oxygens (including phenoxy) is 2. The molecule has 2 atom stereocenters. The Hall–Kier alpha value is -6.46. The lowest BCUT2D eigenvalue weighted by molar-refractivity contribution is -0.172. The van der Waals surface area contributed by atoms with Gasteiger partial charge < -0.3 is 48.8 Å². The first kappa shape index (κ1) is 40.9. The lowest BCUT2D eigenvalue weighted by Crippen LogP contribution is -2.44. The molecule has 0 saturated heterocycles. The second kappa shape index (κ2) is 14.6. The third-order valence-electron chi connectivity index (χ3n) is 12.5. The summed E-state index contributed by atoms with van der Waals surface area (Å²) in [5.41, 5.74) is 4.06. The summed E-state index contributed by atoms with van der Waals surface area (Å²) in [5, 5.41) is 44.4. The van der Waals surface area contributed by atoms with Gasteiger partial charge in [-0.15, -0.1) is 0 Å². The smallest absolute Gasteiger partial charge is 0.343 e. The molecule has 0 radical (unpaired) electrons. The molecule has 0 fully saturated rings. The number of phenolic OH excluding ortho intramolecular Hbond substituents is 2. The van der Waals surface area contributed by atoms with Gasteiger partial charge in [0.05, 0.1) is 58.0 Å². The summed E-state index contributed by atoms with van der Waals surface area (Å²) in [6.07, 6.45) is 0.208. The zero-order valence-electron chi connectivity index (χ0n) is 35.2. The van der Waals surface area contributed by atoms with Crippen LogP contribution in [0, 0.1) is 0 Å². The standard InChI is InChI=1S/2C23H23N3O5/c2*1-4-23(30)16-8-18-20-12(9-26(18)21(28)15(16)11-31-22(23)29)7-13-14(10-25(2)3)19(27)6-5-17(13)24-20/h2*5-8,27,30H,4,9-11H2,1-3H3/t2*23-/m00/s1. The van der Waals surface area contributed by atoms with Crippen LogP contribution in [0.15, 0.2) is 58.1 Å². The molecule has 0 amide bonds. The van der Waals surface area contributed by atoms with E-state index in [9.17, 15) is 39.6 Å². The van der Waals surface area contributed by atoms with E-state index in [1.54, 1.807) is 59.4 Å². The van der Waals surface area contributed by atoms with Crippen LogP contribution in [0.2, 0.25) is 0 Å². The number of aromatic hydroxyl groups is 2. The molecule has 0 bridgehead atoms. The maximum atomic E-state index is 13.2. The van der Waals surface area contributed by atoms with Crippen LogP contribution in [0.25, 0.3) is 44.6 Å². The first-order valence-electron chi connectivity index (χ1n) is 20.4. The molecule has 0 saturated carbocycles. The largest absolute Gasteiger partial charge is 0.508 e. The number of aliphatic hydroxyl groups is 2. The zero-order valence-corrected chi connectivity index (χ0v) is 35.2. The Kier molecular flexibility index (Phi) is 9.63. The molecule has 4 aromatic heterocycles. The summed E-state index contributed by atoms with van der Waals surface area (Å²) in [4.78, 5) is 64.6. The van der Waals surface area contributed by atoms with Gasteiger partial charge in [0, 0.05) is 57.2 Å². The van der Waals surface area contributed by atoms with Crippen molar-refractivity contribution >= 4 is 33.7 Å². The van der Waals surface area contributed by atoms with Crippen LogP contribution in [-0.4, -0.2) is 89.5 Å². The highest BCUT2D eigenvalue weighted by atomic mass is 16.6. The van der Waals surface area contributed by atoms with Gasteiger partial charge in [0.25, 0.3) is 11.1 Å². The highest BCUT2D eigenvalue weighted by Crippen LogP contribution is 2.42. The van der Waals surface area contributed by atoms with Crippen molar-refractivity contribution in [3.8, 4) is 34.3 Å². The van der Waals surface area contributed by atoms with E-state index in [2.05, 4.69) is 0 Å². The molecule has 62 heavy (non-hydrogen) atoms. The lowest BCUT2D eigenvalue weighted by Gasteiger charge is -2.31. The third-order valence-corrected chi connectivity index (χ3v) is 12.5. The number of hydrogen-bond acceptors (Lipinski definition) is 14. The molecule has 16 heteroatoms. The van der Waals surface area contributed by atoms with Gasteiger partial charge in [-0.05, 0) is 89.6 Å². The summed E-state index contributed by atoms with van der Waals surface area (Å²) in [6.45, 7) is 4.82. The number of pyridine rings is 4. The Morgan fingerprint density at radius 3 is 1.37 bits per heavy atom. The molecule has 0 spiro atoms. The Morgan fingerprint density at radius 1 is 0.629 bits per heavy atom. The Bertz CT molecular complexity index is 2860. The highest BCUT2D eigenvalue weighted by molar-refractivity contribution is 5.91. The highest BCUT2D eigenvalue weighted by Gasteiger charge is 2.47. The minimum Gasteiger partial charge on any atom is -0.508 e. The molecule has 16 nitrogen and oxygen atoms in total. The number of cyclic esters (lactones) is 2. The Balaban J connectivity index is 0.000000158. The van der Waals surface area contributed by atoms with Crippen LogP contribution in [0.1, 0.15) is 71.2 Å². The van der Waals surface area contributed by atoms with Gasteiger partial charge in [0.2, 0.25) is 0 Å². The van der Waals surface area contributed by atoms with E-state index in [4.69, 9.17) is 19.4 Å². The Labute approximate surface area is 354 Å². The van der Waals surface area contributed by atoms with E-state index in [1.807, 2.05) is 50.1 Å². The monoisotopic (exact) mass is 842 g/mol. The number of rotatable bonds is 6. The first-order chi connectivity index (χ1) is 29.5. The number of fused-ring (bicyclic) bond motifs is 10. The fourth-order valence-corrected chi connectivity index (χ4v) is 9.16. The van der Waals surface area contributed by atoms with Gasteiger partial charge >= 0.3 is 11.9 Å². The van der Waals surface area contributed by atoms with Crippen molar-refractivity contribution in [2.45, 2.75) is 77.3 Å². The van der Waals surface area contributed by atoms with Crippen molar-refractivity contribution in [1.82, 2.24) is 28.9 Å². The van der Waals surface area contributed by atoms with Crippen molar-refractivity contribution in [3.05, 3.63) is 114 Å². The molecule has 320 valence electrons. The fourth-order valence-electron chi connectivity index (χ4n) is 9.16. The quantitative estimate of drug-likeness (QED) is 0.176. The predicted molar refractivity (Wildman–Crippen MR) is 227 cm³/mol. The molecule has 8 heterocycles. The summed E-state index contributed by atoms with van der Waals surface area (Å²) >= 11 is 0. The maximum Gasteiger partial charge on any atom is 0.343 e. The van der Waals surface area contributed by atoms with Gasteiger partial charge in [-0.3, -0.25) is 9.59 Å². The average Bonchev–Trinajstić information content (AvgIpc) is 3.79. The van der Waals surface area contributed by atoms with E-state index < -0.39 is 23.1 Å². The van der Waals surface area contributed by atoms with Crippen LogP contribution < -0.4 is 11.1 Å². The summed E-state index contributed by atoms with van der Waals surface area (Å²) in [5.74, 6) is -1.06. The van der Waals surface area contributed by atoms with E-state index in [-0.39, 0.29) is 48.7 Å². The fraction of sp³-hybridized carbons (Fsp3) is 0.348. The van der Waals surface area contributed by atoms with E-state index in [0.717, 1.165) is 33.0 Å². The van der Waals surface area contributed by atoms with Gasteiger partial charge in [0.15, 0.2) is 11.2 Å². The maximum absolute atomic E-state index is 13.2. The van der Waals surface area contributed by atoms with E-state index in [1.165, 1.54) is 0 Å². The van der Waals surface area contributed by atoms with E-state index in [0.29, 0.717) is 82.2 Å². The molecule has 4 aliphatic heterocycles. The molecule has 6 aromatic rings. The van der Waals surface area contributed by atoms with Gasteiger partial charge in [-0.1, -0.05) is 13.8 Å². The van der Waals surface area contributed by atoms with Crippen LogP contribution >= 0.6 is 0 Å². The molecule has 10 rings (SSSR count). The number of carbonyl (C=O) groups is 2. The number of nitrogens with zero attached hydrogens (tertiary/aromatic N) is 6. The van der Waals surface area contributed by atoms with Crippen LogP contribution in [0.3, 0.4) is 0 Å². The second-order valence-corrected chi connectivity index (χ2v) is 16.9. The Morgan fingerprint density at radius 2 is 1.02 bits per heavy atom. The molecule has 0 unspecified atom stereocenters. The number of hydrogen-bond donors (Lipinski definition) is 4. The number of esters is 2. The van der Waals surface area contributed by atoms with Crippen LogP contribution in [0.4, 0.5) is 0 Å².